The van der Waals surface area contributed by atoms with Crippen molar-refractivity contribution in [1.29, 1.82) is 0 Å². The van der Waals surface area contributed by atoms with E-state index in [1.54, 1.807) is 24.1 Å². The molecular weight excluding hydrogens is 541 g/mol. The molecule has 40 heavy (non-hydrogen) atoms. The van der Waals surface area contributed by atoms with Crippen molar-refractivity contribution in [2.75, 3.05) is 58.2 Å². The number of hydrogen-bond acceptors (Lipinski definition) is 9. The highest BCUT2D eigenvalue weighted by Gasteiger charge is 2.26. The van der Waals surface area contributed by atoms with Crippen molar-refractivity contribution in [3.05, 3.63) is 63.2 Å². The third-order valence-electron chi connectivity index (χ3n) is 6.85. The lowest BCUT2D eigenvalue weighted by Gasteiger charge is -2.22. The predicted molar refractivity (Wildman–Crippen MR) is 152 cm³/mol. The number of aromatic nitrogens is 3. The highest BCUT2D eigenvalue weighted by molar-refractivity contribution is 6.31. The molecule has 0 fully saturated rings. The van der Waals surface area contributed by atoms with Crippen LogP contribution < -0.4 is 15.0 Å². The Kier molecular flexibility index (Phi) is 7.74. The number of nitrogens with zero attached hydrogens (tertiary/aromatic N) is 6. The summed E-state index contributed by atoms with van der Waals surface area (Å²) in [6, 6.07) is 8.40. The second-order valence-electron chi connectivity index (χ2n) is 9.73. The van der Waals surface area contributed by atoms with Gasteiger partial charge in [0, 0.05) is 54.8 Å². The Morgan fingerprint density at radius 1 is 1.25 bits per heavy atom. The summed E-state index contributed by atoms with van der Waals surface area (Å²) in [5, 5.41) is 16.4. The molecule has 0 unspecified atom stereocenters. The van der Waals surface area contributed by atoms with Gasteiger partial charge < -0.3 is 29.2 Å². The van der Waals surface area contributed by atoms with Crippen LogP contribution in [-0.2, 0) is 17.9 Å². The molecule has 0 bridgehead atoms. The second-order valence-corrected chi connectivity index (χ2v) is 10.2. The van der Waals surface area contributed by atoms with Crippen LogP contribution in [0.25, 0.3) is 22.2 Å². The first-order valence-corrected chi connectivity index (χ1v) is 13.0. The standard InChI is InChI=1S/C27H29ClFN7O4/c1-33(2)7-8-34(3)21-13-24(39-4)19(12-22(21)36(37)38)31-27-30-14-18(29)26(32-27)25-17-6-5-16(28)11-20(17)35-9-10-40-15-23(25)35/h5-6,11-14H,7-10,15H2,1-4H3,(H,30,31,32). The molecular formula is C27H29ClFN7O4. The summed E-state index contributed by atoms with van der Waals surface area (Å²) in [4.78, 5) is 24.0. The molecule has 2 aromatic carbocycles. The van der Waals surface area contributed by atoms with E-state index in [-0.39, 0.29) is 29.6 Å². The van der Waals surface area contributed by atoms with Gasteiger partial charge in [0.15, 0.2) is 5.82 Å². The van der Waals surface area contributed by atoms with Gasteiger partial charge in [0.1, 0.15) is 17.1 Å². The Balaban J connectivity index is 1.57. The van der Waals surface area contributed by atoms with Gasteiger partial charge in [0.05, 0.1) is 48.3 Å². The zero-order valence-corrected chi connectivity index (χ0v) is 23.3. The SMILES string of the molecule is COc1cc(N(C)CCN(C)C)c([N+](=O)[O-])cc1Nc1ncc(F)c(-c2c3n(c4cc(Cl)ccc24)CCOC3)n1. The monoisotopic (exact) mass is 569 g/mol. The third-order valence-corrected chi connectivity index (χ3v) is 7.08. The van der Waals surface area contributed by atoms with Crippen LogP contribution in [-0.4, -0.2) is 72.3 Å². The van der Waals surface area contributed by atoms with Crippen molar-refractivity contribution in [3.8, 4) is 17.0 Å². The minimum absolute atomic E-state index is 0.0523. The molecule has 1 aliphatic rings. The van der Waals surface area contributed by atoms with Crippen molar-refractivity contribution in [3.63, 3.8) is 0 Å². The van der Waals surface area contributed by atoms with Gasteiger partial charge in [-0.1, -0.05) is 17.7 Å². The number of halogens is 2. The quantitative estimate of drug-likeness (QED) is 0.218. The van der Waals surface area contributed by atoms with Crippen LogP contribution >= 0.6 is 11.6 Å². The Hall–Kier alpha value is -4.00. The van der Waals surface area contributed by atoms with Crippen molar-refractivity contribution >= 4 is 45.5 Å². The van der Waals surface area contributed by atoms with Crippen LogP contribution in [0.2, 0.25) is 5.02 Å². The van der Waals surface area contributed by atoms with E-state index in [4.69, 9.17) is 21.1 Å². The Morgan fingerprint density at radius 2 is 2.05 bits per heavy atom. The number of nitro groups is 1. The van der Waals surface area contributed by atoms with Crippen molar-refractivity contribution in [2.24, 2.45) is 0 Å². The van der Waals surface area contributed by atoms with Crippen LogP contribution in [0.3, 0.4) is 0 Å². The summed E-state index contributed by atoms with van der Waals surface area (Å²) in [6.45, 7) is 2.69. The summed E-state index contributed by atoms with van der Waals surface area (Å²) in [7, 11) is 7.12. The largest absolute Gasteiger partial charge is 0.494 e. The average molecular weight is 570 g/mol. The molecule has 0 spiro atoms. The minimum Gasteiger partial charge on any atom is -0.494 e. The van der Waals surface area contributed by atoms with E-state index in [2.05, 4.69) is 19.9 Å². The molecule has 210 valence electrons. The van der Waals surface area contributed by atoms with E-state index in [0.717, 1.165) is 22.8 Å². The summed E-state index contributed by atoms with van der Waals surface area (Å²) < 4.78 is 28.6. The van der Waals surface area contributed by atoms with Crippen molar-refractivity contribution in [2.45, 2.75) is 13.2 Å². The normalized spacial score (nSPS) is 13.0. The van der Waals surface area contributed by atoms with Crippen molar-refractivity contribution in [1.82, 2.24) is 19.4 Å². The number of rotatable bonds is 9. The zero-order valence-electron chi connectivity index (χ0n) is 22.6. The Morgan fingerprint density at radius 3 is 2.77 bits per heavy atom. The molecule has 4 aromatic rings. The Labute approximate surface area is 235 Å². The minimum atomic E-state index is -0.614. The van der Waals surface area contributed by atoms with Gasteiger partial charge in [-0.15, -0.1) is 0 Å². The Bertz CT molecular complexity index is 1590. The fourth-order valence-electron chi connectivity index (χ4n) is 4.84. The fraction of sp³-hybridized carbons (Fsp3) is 0.333. The van der Waals surface area contributed by atoms with Crippen LogP contribution in [0, 0.1) is 15.9 Å². The van der Waals surface area contributed by atoms with E-state index in [9.17, 15) is 10.1 Å². The van der Waals surface area contributed by atoms with Crippen LogP contribution in [0.5, 0.6) is 5.75 Å². The topological polar surface area (TPSA) is 111 Å². The van der Waals surface area contributed by atoms with Crippen LogP contribution in [0.4, 0.5) is 27.4 Å². The maximum Gasteiger partial charge on any atom is 0.294 e. The van der Waals surface area contributed by atoms with Gasteiger partial charge in [-0.3, -0.25) is 10.1 Å². The fourth-order valence-corrected chi connectivity index (χ4v) is 5.01. The van der Waals surface area contributed by atoms with Crippen molar-refractivity contribution < 1.29 is 18.8 Å². The predicted octanol–water partition coefficient (Wildman–Crippen LogP) is 5.08. The maximum atomic E-state index is 15.3. The van der Waals surface area contributed by atoms with Gasteiger partial charge in [-0.2, -0.15) is 0 Å². The van der Waals surface area contributed by atoms with Crippen LogP contribution in [0.1, 0.15) is 5.69 Å². The number of ether oxygens (including phenoxy) is 2. The third kappa shape index (κ3) is 5.25. The molecule has 0 radical (unpaired) electrons. The number of benzene rings is 2. The number of likely N-dealkylation sites (N-methyl/N-ethyl adjacent to an activating group) is 2. The first kappa shape index (κ1) is 27.6. The smallest absolute Gasteiger partial charge is 0.294 e. The number of nitrogens with one attached hydrogen (secondary N) is 1. The van der Waals surface area contributed by atoms with Gasteiger partial charge >= 0.3 is 0 Å². The average Bonchev–Trinajstić information content (AvgIpc) is 3.25. The number of methoxy groups -OCH3 is 1. The first-order valence-electron chi connectivity index (χ1n) is 12.6. The molecule has 13 heteroatoms. The summed E-state index contributed by atoms with van der Waals surface area (Å²) in [5.41, 5.74) is 2.87. The molecule has 0 saturated heterocycles. The van der Waals surface area contributed by atoms with E-state index >= 15 is 4.39 Å². The molecule has 1 aliphatic heterocycles. The number of fused-ring (bicyclic) bond motifs is 3. The maximum absolute atomic E-state index is 15.3. The highest BCUT2D eigenvalue weighted by Crippen LogP contribution is 2.41. The van der Waals surface area contributed by atoms with E-state index < -0.39 is 10.7 Å². The zero-order chi connectivity index (χ0) is 28.6. The summed E-state index contributed by atoms with van der Waals surface area (Å²) in [6.07, 6.45) is 1.07. The number of anilines is 3. The van der Waals surface area contributed by atoms with Gasteiger partial charge in [-0.25, -0.2) is 14.4 Å². The molecule has 1 N–H and O–H groups in total. The molecule has 11 nitrogen and oxygen atoms in total. The van der Waals surface area contributed by atoms with Gasteiger partial charge in [-0.05, 0) is 26.2 Å². The van der Waals surface area contributed by atoms with E-state index in [1.165, 1.54) is 13.2 Å². The number of nitro benzene ring substituents is 1. The molecule has 3 heterocycles. The summed E-state index contributed by atoms with van der Waals surface area (Å²) >= 11 is 6.27. The number of hydrogen-bond donors (Lipinski definition) is 1. The van der Waals surface area contributed by atoms with Gasteiger partial charge in [0.2, 0.25) is 5.95 Å². The highest BCUT2D eigenvalue weighted by atomic mass is 35.5. The lowest BCUT2D eigenvalue weighted by atomic mass is 10.1. The molecule has 0 atom stereocenters. The second kappa shape index (κ2) is 11.2. The first-order chi connectivity index (χ1) is 19.2. The molecule has 5 rings (SSSR count). The lowest BCUT2D eigenvalue weighted by molar-refractivity contribution is -0.384. The summed E-state index contributed by atoms with van der Waals surface area (Å²) in [5.74, 6) is -0.213. The van der Waals surface area contributed by atoms with E-state index in [1.807, 2.05) is 31.1 Å². The lowest BCUT2D eigenvalue weighted by Crippen LogP contribution is -2.28. The van der Waals surface area contributed by atoms with Crippen LogP contribution in [0.15, 0.2) is 36.5 Å². The molecule has 2 aromatic heterocycles. The molecule has 0 aliphatic carbocycles. The molecule has 0 amide bonds. The molecule has 0 saturated carbocycles. The van der Waals surface area contributed by atoms with Gasteiger partial charge in [0.25, 0.3) is 5.69 Å². The van der Waals surface area contributed by atoms with E-state index in [0.29, 0.717) is 48.3 Å².